The van der Waals surface area contributed by atoms with E-state index in [0.29, 0.717) is 0 Å². The average molecular weight is 312 g/mol. The van der Waals surface area contributed by atoms with Gasteiger partial charge in [-0.25, -0.2) is 0 Å². The molecule has 3 rings (SSSR count). The van der Waals surface area contributed by atoms with E-state index in [1.165, 1.54) is 15.6 Å². The summed E-state index contributed by atoms with van der Waals surface area (Å²) in [5, 5.41) is 0. The maximum atomic E-state index is 5.74. The van der Waals surface area contributed by atoms with Crippen molar-refractivity contribution >= 4 is 15.9 Å². The quantitative estimate of drug-likeness (QED) is 0.838. The predicted molar refractivity (Wildman–Crippen MR) is 73.4 cm³/mol. The number of aryl methyl sites for hydroxylation is 1. The first-order valence-corrected chi connectivity index (χ1v) is 7.21. The molecule has 0 saturated carbocycles. The summed E-state index contributed by atoms with van der Waals surface area (Å²) >= 11 is 3.59. The topological polar surface area (TPSA) is 21.7 Å². The summed E-state index contributed by atoms with van der Waals surface area (Å²) in [6.07, 6.45) is 0.986. The lowest BCUT2D eigenvalue weighted by molar-refractivity contribution is -0.145. The lowest BCUT2D eigenvalue weighted by Crippen LogP contribution is -2.34. The Labute approximate surface area is 116 Å². The Morgan fingerprint density at radius 3 is 2.83 bits per heavy atom. The standard InChI is InChI=1S/C14H18BrNO2/c1-11-2-3-12(8-13(11)15)9-16-5-4-14(10-16)17-6-7-18-14/h2-3,8H,4-7,9-10H2,1H3. The van der Waals surface area contributed by atoms with Crippen LogP contribution in [0.25, 0.3) is 0 Å². The molecule has 2 aliphatic rings. The van der Waals surface area contributed by atoms with E-state index in [4.69, 9.17) is 9.47 Å². The van der Waals surface area contributed by atoms with Gasteiger partial charge in [0.15, 0.2) is 5.79 Å². The molecule has 3 nitrogen and oxygen atoms in total. The van der Waals surface area contributed by atoms with Gasteiger partial charge >= 0.3 is 0 Å². The smallest absolute Gasteiger partial charge is 0.182 e. The number of hydrogen-bond acceptors (Lipinski definition) is 3. The molecule has 1 aromatic rings. The summed E-state index contributed by atoms with van der Waals surface area (Å²) in [6.45, 7) is 6.49. The number of hydrogen-bond donors (Lipinski definition) is 0. The molecule has 18 heavy (non-hydrogen) atoms. The summed E-state index contributed by atoms with van der Waals surface area (Å²) in [5.41, 5.74) is 2.61. The van der Waals surface area contributed by atoms with Crippen molar-refractivity contribution in [1.29, 1.82) is 0 Å². The Bertz CT molecular complexity index is 443. The van der Waals surface area contributed by atoms with Gasteiger partial charge in [-0.1, -0.05) is 28.1 Å². The van der Waals surface area contributed by atoms with E-state index >= 15 is 0 Å². The van der Waals surface area contributed by atoms with E-state index < -0.39 is 0 Å². The summed E-state index contributed by atoms with van der Waals surface area (Å²) in [6, 6.07) is 6.56. The van der Waals surface area contributed by atoms with Gasteiger partial charge in [0.05, 0.1) is 19.8 Å². The summed E-state index contributed by atoms with van der Waals surface area (Å²) in [5.74, 6) is -0.304. The fraction of sp³-hybridized carbons (Fsp3) is 0.571. The first kappa shape index (κ1) is 12.6. The van der Waals surface area contributed by atoms with Crippen molar-refractivity contribution in [3.05, 3.63) is 33.8 Å². The van der Waals surface area contributed by atoms with Crippen molar-refractivity contribution in [1.82, 2.24) is 4.90 Å². The Balaban J connectivity index is 1.65. The Kier molecular flexibility index (Phi) is 3.45. The van der Waals surface area contributed by atoms with Gasteiger partial charge in [-0.2, -0.15) is 0 Å². The van der Waals surface area contributed by atoms with Crippen molar-refractivity contribution in [2.45, 2.75) is 25.7 Å². The molecule has 0 bridgehead atoms. The Morgan fingerprint density at radius 2 is 2.11 bits per heavy atom. The highest BCUT2D eigenvalue weighted by Gasteiger charge is 2.42. The second kappa shape index (κ2) is 4.93. The van der Waals surface area contributed by atoms with Crippen LogP contribution >= 0.6 is 15.9 Å². The highest BCUT2D eigenvalue weighted by Crippen LogP contribution is 2.31. The monoisotopic (exact) mass is 311 g/mol. The van der Waals surface area contributed by atoms with Crippen LogP contribution in [-0.2, 0) is 16.0 Å². The van der Waals surface area contributed by atoms with E-state index in [2.05, 4.69) is 46.0 Å². The van der Waals surface area contributed by atoms with Crippen LogP contribution in [0.1, 0.15) is 17.5 Å². The highest BCUT2D eigenvalue weighted by molar-refractivity contribution is 9.10. The average Bonchev–Trinajstić information content (AvgIpc) is 2.96. The van der Waals surface area contributed by atoms with Crippen LogP contribution in [0.4, 0.5) is 0 Å². The number of likely N-dealkylation sites (tertiary alicyclic amines) is 1. The first-order chi connectivity index (χ1) is 8.67. The second-order valence-corrected chi connectivity index (χ2v) is 6.01. The fourth-order valence-corrected chi connectivity index (χ4v) is 3.11. The number of nitrogens with zero attached hydrogens (tertiary/aromatic N) is 1. The molecule has 0 radical (unpaired) electrons. The summed E-state index contributed by atoms with van der Waals surface area (Å²) in [4.78, 5) is 2.41. The van der Waals surface area contributed by atoms with Crippen LogP contribution in [0.2, 0.25) is 0 Å². The number of rotatable bonds is 2. The molecule has 1 spiro atoms. The predicted octanol–water partition coefficient (Wildman–Crippen LogP) is 2.71. The van der Waals surface area contributed by atoms with Gasteiger partial charge < -0.3 is 9.47 Å². The van der Waals surface area contributed by atoms with E-state index in [0.717, 1.165) is 39.3 Å². The minimum atomic E-state index is -0.304. The van der Waals surface area contributed by atoms with E-state index in [9.17, 15) is 0 Å². The third-order valence-corrected chi connectivity index (χ3v) is 4.58. The van der Waals surface area contributed by atoms with E-state index in [1.54, 1.807) is 0 Å². The Morgan fingerprint density at radius 1 is 1.33 bits per heavy atom. The molecule has 1 aromatic carbocycles. The van der Waals surface area contributed by atoms with Gasteiger partial charge in [0.25, 0.3) is 0 Å². The molecule has 0 amide bonds. The molecule has 2 heterocycles. The van der Waals surface area contributed by atoms with Crippen LogP contribution in [0.5, 0.6) is 0 Å². The van der Waals surface area contributed by atoms with Crippen molar-refractivity contribution in [2.24, 2.45) is 0 Å². The van der Waals surface area contributed by atoms with Gasteiger partial charge in [0.2, 0.25) is 0 Å². The third-order valence-electron chi connectivity index (χ3n) is 3.73. The molecule has 2 saturated heterocycles. The molecule has 0 unspecified atom stereocenters. The molecule has 0 N–H and O–H groups in total. The third kappa shape index (κ3) is 2.48. The van der Waals surface area contributed by atoms with Gasteiger partial charge in [-0.3, -0.25) is 4.90 Å². The maximum Gasteiger partial charge on any atom is 0.182 e. The second-order valence-electron chi connectivity index (χ2n) is 5.15. The number of ether oxygens (including phenoxy) is 2. The van der Waals surface area contributed by atoms with Gasteiger partial charge in [-0.15, -0.1) is 0 Å². The maximum absolute atomic E-state index is 5.74. The van der Waals surface area contributed by atoms with Crippen LogP contribution in [-0.4, -0.2) is 37.0 Å². The van der Waals surface area contributed by atoms with Crippen molar-refractivity contribution in [3.63, 3.8) is 0 Å². The highest BCUT2D eigenvalue weighted by atomic mass is 79.9. The summed E-state index contributed by atoms with van der Waals surface area (Å²) < 4.78 is 12.7. The number of benzene rings is 1. The molecule has 98 valence electrons. The van der Waals surface area contributed by atoms with Gasteiger partial charge in [0, 0.05) is 24.0 Å². The van der Waals surface area contributed by atoms with Crippen LogP contribution in [0, 0.1) is 6.92 Å². The van der Waals surface area contributed by atoms with E-state index in [-0.39, 0.29) is 5.79 Å². The fourth-order valence-electron chi connectivity index (χ4n) is 2.69. The molecule has 0 aromatic heterocycles. The van der Waals surface area contributed by atoms with Crippen molar-refractivity contribution in [2.75, 3.05) is 26.3 Å². The molecular weight excluding hydrogens is 294 g/mol. The van der Waals surface area contributed by atoms with Gasteiger partial charge in [0.1, 0.15) is 0 Å². The molecule has 0 atom stereocenters. The largest absolute Gasteiger partial charge is 0.346 e. The van der Waals surface area contributed by atoms with Crippen molar-refractivity contribution < 1.29 is 9.47 Å². The first-order valence-electron chi connectivity index (χ1n) is 6.42. The molecule has 2 aliphatic heterocycles. The lowest BCUT2D eigenvalue weighted by atomic mass is 10.1. The van der Waals surface area contributed by atoms with Crippen LogP contribution in [0.15, 0.2) is 22.7 Å². The molecular formula is C14H18BrNO2. The Hall–Kier alpha value is -0.420. The molecule has 0 aliphatic carbocycles. The van der Waals surface area contributed by atoms with Crippen molar-refractivity contribution in [3.8, 4) is 0 Å². The zero-order chi connectivity index (χ0) is 12.6. The van der Waals surface area contributed by atoms with Crippen LogP contribution in [0.3, 0.4) is 0 Å². The minimum absolute atomic E-state index is 0.304. The summed E-state index contributed by atoms with van der Waals surface area (Å²) in [7, 11) is 0. The SMILES string of the molecule is Cc1ccc(CN2CCC3(C2)OCCO3)cc1Br. The lowest BCUT2D eigenvalue weighted by Gasteiger charge is -2.22. The van der Waals surface area contributed by atoms with Gasteiger partial charge in [-0.05, 0) is 24.1 Å². The minimum Gasteiger partial charge on any atom is -0.346 e. The zero-order valence-corrected chi connectivity index (χ0v) is 12.2. The number of halogens is 1. The van der Waals surface area contributed by atoms with E-state index in [1.807, 2.05) is 0 Å². The molecule has 2 fully saturated rings. The zero-order valence-electron chi connectivity index (χ0n) is 10.6. The molecule has 4 heteroatoms. The normalized spacial score (nSPS) is 23.0. The van der Waals surface area contributed by atoms with Crippen LogP contribution < -0.4 is 0 Å².